The number of nitrogens with one attached hydrogen (secondary N) is 1. The van der Waals surface area contributed by atoms with Gasteiger partial charge in [0.2, 0.25) is 0 Å². The van der Waals surface area contributed by atoms with Gasteiger partial charge in [-0.15, -0.1) is 0 Å². The number of aliphatic hydroxyl groups is 2. The highest BCUT2D eigenvalue weighted by Crippen LogP contribution is 2.42. The summed E-state index contributed by atoms with van der Waals surface area (Å²) in [5.74, 6) is 1.00. The van der Waals surface area contributed by atoms with Crippen LogP contribution in [0.2, 0.25) is 0 Å². The highest BCUT2D eigenvalue weighted by molar-refractivity contribution is 5.50. The molecule has 2 aliphatic carbocycles. The Morgan fingerprint density at radius 3 is 1.53 bits per heavy atom. The molecule has 0 aliphatic heterocycles. The van der Waals surface area contributed by atoms with Crippen LogP contribution in [0, 0.1) is 0 Å². The van der Waals surface area contributed by atoms with Crippen molar-refractivity contribution < 1.29 is 10.2 Å². The summed E-state index contributed by atoms with van der Waals surface area (Å²) in [5.41, 5.74) is 5.45. The molecule has 0 radical (unpaired) electrons. The Bertz CT molecular complexity index is 1410. The minimum Gasteiger partial charge on any atom is -0.393 e. The number of imidazole rings is 2. The lowest BCUT2D eigenvalue weighted by atomic mass is 9.76. The van der Waals surface area contributed by atoms with Gasteiger partial charge in [0.25, 0.3) is 0 Å². The van der Waals surface area contributed by atoms with Crippen molar-refractivity contribution >= 4 is 0 Å². The first-order chi connectivity index (χ1) is 21.1. The fourth-order valence-electron chi connectivity index (χ4n) is 6.97. The van der Waals surface area contributed by atoms with Gasteiger partial charge in [0.1, 0.15) is 5.54 Å². The van der Waals surface area contributed by atoms with Crippen LogP contribution in [0.25, 0.3) is 0 Å². The summed E-state index contributed by atoms with van der Waals surface area (Å²) in [7, 11) is 0. The molecule has 0 atom stereocenters. The molecule has 5 aromatic rings. The largest absolute Gasteiger partial charge is 0.393 e. The van der Waals surface area contributed by atoms with E-state index >= 15 is 0 Å². The fourth-order valence-corrected chi connectivity index (χ4v) is 6.97. The molecule has 0 bridgehead atoms. The molecule has 0 unspecified atom stereocenters. The van der Waals surface area contributed by atoms with E-state index in [1.807, 2.05) is 12.5 Å². The Morgan fingerprint density at radius 1 is 0.628 bits per heavy atom. The molecule has 3 aromatic carbocycles. The van der Waals surface area contributed by atoms with E-state index in [1.54, 1.807) is 6.33 Å². The number of aliphatic hydroxyl groups excluding tert-OH is 2. The van der Waals surface area contributed by atoms with E-state index in [-0.39, 0.29) is 12.2 Å². The number of nitrogens with zero attached hydrogens (tertiary/aromatic N) is 3. The van der Waals surface area contributed by atoms with Crippen LogP contribution < -0.4 is 0 Å². The topological polar surface area (TPSA) is 87.0 Å². The number of aromatic nitrogens is 4. The monoisotopic (exact) mass is 574 g/mol. The molecule has 2 aliphatic rings. The second kappa shape index (κ2) is 13.5. The van der Waals surface area contributed by atoms with Gasteiger partial charge in [-0.3, -0.25) is 0 Å². The summed E-state index contributed by atoms with van der Waals surface area (Å²) < 4.78 is 2.29. The zero-order valence-electron chi connectivity index (χ0n) is 24.7. The molecule has 43 heavy (non-hydrogen) atoms. The lowest BCUT2D eigenvalue weighted by Crippen LogP contribution is -2.37. The predicted molar refractivity (Wildman–Crippen MR) is 170 cm³/mol. The van der Waals surface area contributed by atoms with Crippen molar-refractivity contribution in [1.29, 1.82) is 0 Å². The third-order valence-corrected chi connectivity index (χ3v) is 9.34. The van der Waals surface area contributed by atoms with Gasteiger partial charge in [-0.05, 0) is 68.1 Å². The van der Waals surface area contributed by atoms with E-state index in [4.69, 9.17) is 4.98 Å². The van der Waals surface area contributed by atoms with Gasteiger partial charge in [0, 0.05) is 29.9 Å². The summed E-state index contributed by atoms with van der Waals surface area (Å²) in [6.45, 7) is 0. The van der Waals surface area contributed by atoms with Crippen LogP contribution in [-0.4, -0.2) is 41.9 Å². The van der Waals surface area contributed by atoms with E-state index in [0.717, 1.165) is 57.1 Å². The Kier molecular flexibility index (Phi) is 9.16. The molecule has 0 amide bonds. The first kappa shape index (κ1) is 29.1. The third-order valence-electron chi connectivity index (χ3n) is 9.34. The first-order valence-electron chi connectivity index (χ1n) is 15.7. The quantitative estimate of drug-likeness (QED) is 0.188. The lowest BCUT2D eigenvalue weighted by molar-refractivity contribution is 0.121. The zero-order valence-corrected chi connectivity index (χ0v) is 24.7. The normalized spacial score (nSPS) is 22.4. The van der Waals surface area contributed by atoms with Crippen molar-refractivity contribution in [3.8, 4) is 0 Å². The van der Waals surface area contributed by atoms with Crippen molar-refractivity contribution in [2.24, 2.45) is 0 Å². The zero-order chi connectivity index (χ0) is 29.5. The van der Waals surface area contributed by atoms with Crippen LogP contribution in [-0.2, 0) is 5.54 Å². The summed E-state index contributed by atoms with van der Waals surface area (Å²) in [6, 6.07) is 32.1. The number of hydrogen-bond donors (Lipinski definition) is 3. The first-order valence-corrected chi connectivity index (χ1v) is 15.7. The number of rotatable bonds is 6. The molecule has 0 spiro atoms. The molecule has 2 heterocycles. The molecule has 2 fully saturated rings. The maximum Gasteiger partial charge on any atom is 0.121 e. The minimum atomic E-state index is -0.511. The van der Waals surface area contributed by atoms with E-state index in [9.17, 15) is 10.2 Å². The van der Waals surface area contributed by atoms with Gasteiger partial charge in [-0.25, -0.2) is 9.97 Å². The molecule has 6 heteroatoms. The molecule has 222 valence electrons. The molecular formula is C37H42N4O2. The van der Waals surface area contributed by atoms with Crippen LogP contribution in [0.3, 0.4) is 0 Å². The summed E-state index contributed by atoms with van der Waals surface area (Å²) in [6.07, 6.45) is 15.4. The summed E-state index contributed by atoms with van der Waals surface area (Å²) in [4.78, 5) is 12.0. The average molecular weight is 575 g/mol. The van der Waals surface area contributed by atoms with E-state index in [1.165, 1.54) is 22.4 Å². The lowest BCUT2D eigenvalue weighted by Gasteiger charge is -2.37. The van der Waals surface area contributed by atoms with Crippen molar-refractivity contribution in [3.05, 3.63) is 144 Å². The molecule has 2 saturated carbocycles. The Morgan fingerprint density at radius 2 is 1.09 bits per heavy atom. The van der Waals surface area contributed by atoms with Crippen molar-refractivity contribution in [3.63, 3.8) is 0 Å². The number of hydrogen-bond acceptors (Lipinski definition) is 4. The Hall–Kier alpha value is -4.00. The summed E-state index contributed by atoms with van der Waals surface area (Å²) in [5, 5.41) is 19.2. The smallest absolute Gasteiger partial charge is 0.121 e. The predicted octanol–water partition coefficient (Wildman–Crippen LogP) is 7.17. The number of aromatic amines is 1. The van der Waals surface area contributed by atoms with Crippen molar-refractivity contribution in [2.45, 2.75) is 80.9 Å². The summed E-state index contributed by atoms with van der Waals surface area (Å²) >= 11 is 0. The third kappa shape index (κ3) is 6.36. The molecule has 0 saturated heterocycles. The molecule has 7 rings (SSSR count). The van der Waals surface area contributed by atoms with Gasteiger partial charge in [-0.1, -0.05) is 91.0 Å². The second-order valence-corrected chi connectivity index (χ2v) is 12.0. The molecular weight excluding hydrogens is 532 g/mol. The van der Waals surface area contributed by atoms with Crippen molar-refractivity contribution in [2.75, 3.05) is 0 Å². The van der Waals surface area contributed by atoms with E-state index in [2.05, 4.69) is 112 Å². The molecule has 3 N–H and O–H groups in total. The van der Waals surface area contributed by atoms with E-state index < -0.39 is 5.54 Å². The Balaban J connectivity index is 0.000000229. The minimum absolute atomic E-state index is 0.0656. The van der Waals surface area contributed by atoms with E-state index in [0.29, 0.717) is 11.8 Å². The van der Waals surface area contributed by atoms with Crippen LogP contribution in [0.4, 0.5) is 0 Å². The highest BCUT2D eigenvalue weighted by atomic mass is 16.3. The van der Waals surface area contributed by atoms with Crippen LogP contribution in [0.15, 0.2) is 116 Å². The van der Waals surface area contributed by atoms with Crippen molar-refractivity contribution in [1.82, 2.24) is 19.5 Å². The van der Waals surface area contributed by atoms with Gasteiger partial charge < -0.3 is 19.8 Å². The van der Waals surface area contributed by atoms with Crippen LogP contribution >= 0.6 is 0 Å². The fraction of sp³-hybridized carbons (Fsp3) is 0.351. The number of H-pyrrole nitrogens is 1. The van der Waals surface area contributed by atoms with Gasteiger partial charge in [0.05, 0.1) is 30.6 Å². The average Bonchev–Trinajstić information content (AvgIpc) is 3.78. The maximum absolute atomic E-state index is 9.93. The van der Waals surface area contributed by atoms with Gasteiger partial charge in [-0.2, -0.15) is 0 Å². The van der Waals surface area contributed by atoms with Crippen LogP contribution in [0.5, 0.6) is 0 Å². The van der Waals surface area contributed by atoms with Gasteiger partial charge >= 0.3 is 0 Å². The van der Waals surface area contributed by atoms with Gasteiger partial charge in [0.15, 0.2) is 0 Å². The maximum atomic E-state index is 9.93. The SMILES string of the molecule is OC1CCC(c2cn(C(c3ccccc3)(c3ccccc3)c3ccccc3)cn2)CC1.OC1CCC(c2cnc[nH]2)CC1. The highest BCUT2D eigenvalue weighted by Gasteiger charge is 2.38. The number of benzene rings is 3. The second-order valence-electron chi connectivity index (χ2n) is 12.0. The Labute approximate surface area is 254 Å². The molecule has 6 nitrogen and oxygen atoms in total. The van der Waals surface area contributed by atoms with Crippen LogP contribution in [0.1, 0.15) is 91.3 Å². The molecule has 2 aromatic heterocycles. The standard InChI is InChI=1S/C28H28N2O.C9H14N2O/c31-26-18-16-22(17-19-26)27-20-30(21-29-27)28(23-10-4-1-5-11-23,24-12-6-2-7-13-24)25-14-8-3-9-15-25;12-8-3-1-7(2-4-8)9-5-10-6-11-9/h1-15,20-22,26,31H,16-19H2;5-8,12H,1-4H2,(H,10,11).